The first-order valence-electron chi connectivity index (χ1n) is 48.7. The molecule has 20 heteroatoms. The summed E-state index contributed by atoms with van der Waals surface area (Å²) in [7, 11) is -0.617. The summed E-state index contributed by atoms with van der Waals surface area (Å²) < 4.78 is 45.7. The Morgan fingerprint density at radius 2 is 0.487 bits per heavy atom. The molecule has 1 saturated heterocycles. The third-order valence-corrected chi connectivity index (χ3v) is 26.6. The van der Waals surface area contributed by atoms with Gasteiger partial charge < -0.3 is 25.4 Å². The van der Waals surface area contributed by atoms with E-state index in [4.69, 9.17) is 49.3 Å². The maximum Gasteiger partial charge on any atom is 1.00 e. The second-order valence-corrected chi connectivity index (χ2v) is 36.5. The molecule has 1 aliphatic rings. The molecule has 0 N–H and O–H groups in total. The molecule has 19 aromatic carbocycles. The maximum absolute atomic E-state index is 15.8. The summed E-state index contributed by atoms with van der Waals surface area (Å²) in [6.45, 7) is 7.77. The fourth-order valence-electron chi connectivity index (χ4n) is 18.6. The van der Waals surface area contributed by atoms with Crippen molar-refractivity contribution < 1.29 is 172 Å². The van der Waals surface area contributed by atoms with Gasteiger partial charge in [0, 0.05) is 49.7 Å². The SMILES string of the molecule is CC1(C)OB(c2ccc(F)c(-c3nc(-c4ccccc4)nc(-c4ccccc4)n3)c2)OC1(C)C.Fc1ccc(-c2c(-c3ccccc3)cccc2-c2ccccc2)cc1-c1nc(-c2ccccc2)nc(-c2ccccc2)n1.O=CO[O-].[Cs+].[Cs+].[H-].c1ccc(-c2ccc3c(c2)c2cc(-c4ccccc4)ccc2n3-c2ccc(-c3c(-c4ccccc4)cccc3-c3ccccc3)cc2-c2nc(-c3ccccc3)nc(-c3ccccc3)n2)cc1. The molecular formula is C130H95BCs2F2N10O5. The van der Waals surface area contributed by atoms with E-state index >= 15 is 8.78 Å². The van der Waals surface area contributed by atoms with E-state index in [9.17, 15) is 0 Å². The zero-order chi connectivity index (χ0) is 101. The molecule has 0 saturated carbocycles. The fraction of sp³-hybridized carbons (Fsp3) is 0.0462. The smallest absolute Gasteiger partial charge is 1.00 e. The minimum absolute atomic E-state index is 0. The average molecular weight is 2190 g/mol. The summed E-state index contributed by atoms with van der Waals surface area (Å²) in [4.78, 5) is 55.5. The molecule has 0 unspecified atom stereocenters. The number of nitrogens with zero attached hydrogens (tertiary/aromatic N) is 10. The van der Waals surface area contributed by atoms with Crippen LogP contribution >= 0.6 is 0 Å². The zero-order valence-corrected chi connectivity index (χ0v) is 95.7. The largest absolute Gasteiger partial charge is 1.00 e. The van der Waals surface area contributed by atoms with Gasteiger partial charge in [-0.3, -0.25) is 4.79 Å². The number of hydrogen-bond donors (Lipinski definition) is 0. The van der Waals surface area contributed by atoms with E-state index in [0.717, 1.165) is 144 Å². The maximum atomic E-state index is 15.8. The van der Waals surface area contributed by atoms with Crippen molar-refractivity contribution in [2.24, 2.45) is 0 Å². The molecule has 0 aliphatic carbocycles. The Balaban J connectivity index is 0.000000153. The predicted octanol–water partition coefficient (Wildman–Crippen LogP) is 24.2. The van der Waals surface area contributed by atoms with Crippen molar-refractivity contribution in [2.45, 2.75) is 38.9 Å². The van der Waals surface area contributed by atoms with Gasteiger partial charge in [0.1, 0.15) is 11.6 Å². The number of aromatic nitrogens is 10. The third kappa shape index (κ3) is 23.1. The normalized spacial score (nSPS) is 12.1. The van der Waals surface area contributed by atoms with Crippen LogP contribution in [0.1, 0.15) is 29.1 Å². The quantitative estimate of drug-likeness (QED) is 0.0303. The van der Waals surface area contributed by atoms with E-state index in [2.05, 4.69) is 285 Å². The van der Waals surface area contributed by atoms with Crippen LogP contribution in [0.2, 0.25) is 0 Å². The van der Waals surface area contributed by atoms with Gasteiger partial charge in [-0.15, -0.1) is 0 Å². The Labute approximate surface area is 988 Å². The van der Waals surface area contributed by atoms with Crippen LogP contribution in [0.15, 0.2) is 491 Å². The van der Waals surface area contributed by atoms with Crippen LogP contribution in [-0.4, -0.2) is 74.2 Å². The number of hydrogen-bond acceptors (Lipinski definition) is 14. The monoisotopic (exact) mass is 2190 g/mol. The van der Waals surface area contributed by atoms with Crippen molar-refractivity contribution in [2.75, 3.05) is 0 Å². The standard InChI is InChI=1S/C63H42N4.C39H26FN3.C27H25BFN3O2.CH2O3.2Cs.H/c1-7-20-43(21-8-1)49-34-37-57-54(40-49)55-41-50(44-22-9-2-10-23-44)35-38-58(55)67(57)59-39-36-51(60-52(45-24-11-3-12-25-45)32-19-33-53(60)46-26-13-4-14-27-46)42-56(59)63-65-61(47-28-15-5-16-29-47)64-62(66-63)48-30-17-6-18-31-48;40-35-25-24-31(36-32(27-14-5-1-6-15-27)22-13-23-33(36)28-16-7-2-8-17-28)26-34(35)39-42-37(29-18-9-3-10-19-29)41-38(43-39)30-20-11-4-12-21-30;1-26(2)27(3,4)34-28(33-26)20-15-16-22(29)21(17-20)25-31-23(18-11-7-5-8-12-18)30-24(32-25)19-13-9-6-10-14-19;2-1-4-3;;;/h1-42H;1-26H;5-17H,1-4H3;1,3H;;;/q;;;;2*+1;-1/p-1. The molecule has 0 bridgehead atoms. The van der Waals surface area contributed by atoms with Gasteiger partial charge in [0.05, 0.1) is 39.0 Å². The number of carbonyl (C=O) groups excluding carboxylic acids is 1. The Bertz CT molecular complexity index is 8270. The second kappa shape index (κ2) is 47.9. The molecule has 4 aromatic heterocycles. The molecule has 0 spiro atoms. The number of rotatable bonds is 20. The van der Waals surface area contributed by atoms with Gasteiger partial charge in [-0.1, -0.05) is 431 Å². The van der Waals surface area contributed by atoms with Gasteiger partial charge in [0.25, 0.3) is 6.47 Å². The molecular weight excluding hydrogens is 2100 g/mol. The molecule has 0 atom stereocenters. The second-order valence-electron chi connectivity index (χ2n) is 36.5. The first kappa shape index (κ1) is 104. The molecule has 150 heavy (non-hydrogen) atoms. The Morgan fingerprint density at radius 1 is 0.253 bits per heavy atom. The average Bonchev–Trinajstić information content (AvgIpc) is 1.58. The molecule has 1 fully saturated rings. The van der Waals surface area contributed by atoms with E-state index in [1.807, 2.05) is 234 Å². The summed E-state index contributed by atoms with van der Waals surface area (Å²) in [5.74, 6) is 3.45. The van der Waals surface area contributed by atoms with Crippen molar-refractivity contribution in [1.82, 2.24) is 49.4 Å². The van der Waals surface area contributed by atoms with E-state index in [-0.39, 0.29) is 163 Å². The van der Waals surface area contributed by atoms with Crippen LogP contribution in [0.3, 0.4) is 0 Å². The Hall–Kier alpha value is -14.6. The zero-order valence-electron chi connectivity index (χ0n) is 84.2. The van der Waals surface area contributed by atoms with Gasteiger partial charge in [-0.2, -0.15) is 0 Å². The summed E-state index contributed by atoms with van der Waals surface area (Å²) in [5.41, 5.74) is 27.1. The van der Waals surface area contributed by atoms with Crippen molar-refractivity contribution in [3.8, 4) is 197 Å². The number of halogens is 2. The number of fused-ring (bicyclic) bond motifs is 3. The molecule has 0 radical (unpaired) electrons. The molecule has 15 nitrogen and oxygen atoms in total. The van der Waals surface area contributed by atoms with Gasteiger partial charge in [-0.05, 0) is 183 Å². The first-order valence-corrected chi connectivity index (χ1v) is 48.7. The van der Waals surface area contributed by atoms with Gasteiger partial charge in [0.2, 0.25) is 0 Å². The minimum Gasteiger partial charge on any atom is -1.00 e. The Morgan fingerprint density at radius 3 is 0.773 bits per heavy atom. The molecule has 5 heterocycles. The van der Waals surface area contributed by atoms with Gasteiger partial charge >= 0.3 is 145 Å². The van der Waals surface area contributed by atoms with Crippen LogP contribution in [-0.2, 0) is 19.0 Å². The first-order chi connectivity index (χ1) is 72.6. The minimum atomic E-state index is -0.617. The molecule has 0 amide bonds. The summed E-state index contributed by atoms with van der Waals surface area (Å²) >= 11 is 0. The van der Waals surface area contributed by atoms with Crippen LogP contribution in [0.4, 0.5) is 8.78 Å². The number of benzene rings is 19. The summed E-state index contributed by atoms with van der Waals surface area (Å²) in [6.07, 6.45) is 0. The molecule has 23 aromatic rings. The van der Waals surface area contributed by atoms with Crippen LogP contribution < -0.4 is 149 Å². The predicted molar refractivity (Wildman–Crippen MR) is 590 cm³/mol. The van der Waals surface area contributed by atoms with Gasteiger partial charge in [-0.25, -0.2) is 53.6 Å². The van der Waals surface area contributed by atoms with E-state index < -0.39 is 30.0 Å². The van der Waals surface area contributed by atoms with Crippen LogP contribution in [0, 0.1) is 11.6 Å². The molecule has 1 aliphatic heterocycles. The van der Waals surface area contributed by atoms with Gasteiger partial charge in [0.15, 0.2) is 52.4 Å². The van der Waals surface area contributed by atoms with E-state index in [1.165, 1.54) is 23.3 Å². The number of carbonyl (C=O) groups is 1. The Kier molecular flexibility index (Phi) is 33.2. The topological polar surface area (TPSA) is 189 Å². The third-order valence-electron chi connectivity index (χ3n) is 26.6. The van der Waals surface area contributed by atoms with E-state index in [1.54, 1.807) is 12.1 Å². The van der Waals surface area contributed by atoms with Crippen molar-refractivity contribution in [3.63, 3.8) is 0 Å². The molecule has 24 rings (SSSR count). The van der Waals surface area contributed by atoms with Crippen molar-refractivity contribution in [1.29, 1.82) is 0 Å². The summed E-state index contributed by atoms with van der Waals surface area (Å²) in [5, 5.41) is 10.8. The van der Waals surface area contributed by atoms with Crippen LogP contribution in [0.5, 0.6) is 0 Å². The van der Waals surface area contributed by atoms with E-state index in [0.29, 0.717) is 51.8 Å². The van der Waals surface area contributed by atoms with Crippen LogP contribution in [0.25, 0.3) is 219 Å². The van der Waals surface area contributed by atoms with Crippen molar-refractivity contribution >= 4 is 40.9 Å². The van der Waals surface area contributed by atoms with Crippen molar-refractivity contribution in [3.05, 3.63) is 503 Å². The fourth-order valence-corrected chi connectivity index (χ4v) is 18.6. The molecule has 714 valence electrons. The summed E-state index contributed by atoms with van der Waals surface area (Å²) in [6, 6.07) is 166.